The maximum Gasteiger partial charge on any atom is 0.430 e. The van der Waals surface area contributed by atoms with E-state index in [2.05, 4.69) is 10.2 Å². The summed E-state index contributed by atoms with van der Waals surface area (Å²) < 4.78 is 14.9. The molecule has 9 nitrogen and oxygen atoms in total. The van der Waals surface area contributed by atoms with Gasteiger partial charge < -0.3 is 19.3 Å². The second-order valence-electron chi connectivity index (χ2n) is 7.41. The highest BCUT2D eigenvalue weighted by molar-refractivity contribution is 5.83. The van der Waals surface area contributed by atoms with E-state index >= 15 is 0 Å². The molecule has 0 bridgehead atoms. The Bertz CT molecular complexity index is 480. The first-order chi connectivity index (χ1) is 11.2. The maximum atomic E-state index is 12.5. The lowest BCUT2D eigenvalue weighted by Gasteiger charge is -2.34. The minimum absolute atomic E-state index is 0.134. The van der Waals surface area contributed by atoms with Gasteiger partial charge in [-0.05, 0) is 48.0 Å². The second kappa shape index (κ2) is 8.89. The van der Waals surface area contributed by atoms with Crippen LogP contribution in [0.15, 0.2) is 0 Å². The SMILES string of the molecule is CC[C@H](O)[C@@H](C(=O)OC)N(NC(=O)OC(C)(C)C)C(=O)OC(C)(C)C. The summed E-state index contributed by atoms with van der Waals surface area (Å²) in [7, 11) is 1.11. The molecule has 0 spiro atoms. The number of carbonyl (C=O) groups is 3. The Kier molecular flexibility index (Phi) is 8.17. The summed E-state index contributed by atoms with van der Waals surface area (Å²) in [5, 5.41) is 10.7. The van der Waals surface area contributed by atoms with Gasteiger partial charge in [0, 0.05) is 0 Å². The largest absolute Gasteiger partial charge is 0.467 e. The minimum atomic E-state index is -1.49. The molecule has 0 heterocycles. The summed E-state index contributed by atoms with van der Waals surface area (Å²) in [6, 6.07) is -1.49. The summed E-state index contributed by atoms with van der Waals surface area (Å²) in [4.78, 5) is 36.6. The van der Waals surface area contributed by atoms with Crippen LogP contribution in [0, 0.1) is 0 Å². The van der Waals surface area contributed by atoms with Crippen LogP contribution < -0.4 is 5.43 Å². The van der Waals surface area contributed by atoms with E-state index in [9.17, 15) is 19.5 Å². The van der Waals surface area contributed by atoms with Crippen LogP contribution in [-0.2, 0) is 19.0 Å². The molecule has 2 atom stereocenters. The van der Waals surface area contributed by atoms with Crippen molar-refractivity contribution in [1.82, 2.24) is 10.4 Å². The Balaban J connectivity index is 5.65. The van der Waals surface area contributed by atoms with Gasteiger partial charge in [0.15, 0.2) is 6.04 Å². The first kappa shape index (κ1) is 23.0. The van der Waals surface area contributed by atoms with Crippen LogP contribution in [0.1, 0.15) is 54.9 Å². The Morgan fingerprint density at radius 1 is 1.04 bits per heavy atom. The van der Waals surface area contributed by atoms with Crippen molar-refractivity contribution < 1.29 is 33.7 Å². The molecule has 0 fully saturated rings. The monoisotopic (exact) mass is 362 g/mol. The van der Waals surface area contributed by atoms with Gasteiger partial charge >= 0.3 is 18.2 Å². The van der Waals surface area contributed by atoms with Crippen molar-refractivity contribution in [2.75, 3.05) is 7.11 Å². The highest BCUT2D eigenvalue weighted by Crippen LogP contribution is 2.16. The number of hydrogen-bond donors (Lipinski definition) is 2. The molecule has 0 aromatic rings. The van der Waals surface area contributed by atoms with E-state index in [0.717, 1.165) is 7.11 Å². The average molecular weight is 362 g/mol. The molecule has 0 aromatic carbocycles. The van der Waals surface area contributed by atoms with Gasteiger partial charge in [0.2, 0.25) is 0 Å². The molecular formula is C16H30N2O7. The summed E-state index contributed by atoms with van der Waals surface area (Å²) >= 11 is 0. The molecule has 0 rings (SSSR count). The third-order valence-corrected chi connectivity index (χ3v) is 2.70. The van der Waals surface area contributed by atoms with Gasteiger partial charge in [-0.15, -0.1) is 0 Å². The summed E-state index contributed by atoms with van der Waals surface area (Å²) in [6.45, 7) is 11.4. The number of carbonyl (C=O) groups excluding carboxylic acids is 3. The van der Waals surface area contributed by atoms with Crippen LogP contribution in [0.4, 0.5) is 9.59 Å². The van der Waals surface area contributed by atoms with Crippen molar-refractivity contribution in [3.63, 3.8) is 0 Å². The van der Waals surface area contributed by atoms with Crippen molar-refractivity contribution in [1.29, 1.82) is 0 Å². The molecule has 9 heteroatoms. The zero-order valence-electron chi connectivity index (χ0n) is 16.2. The van der Waals surface area contributed by atoms with Crippen LogP contribution >= 0.6 is 0 Å². The number of esters is 1. The van der Waals surface area contributed by atoms with E-state index in [1.807, 2.05) is 0 Å². The molecule has 0 aliphatic carbocycles. The summed E-state index contributed by atoms with van der Waals surface area (Å²) in [5.74, 6) is -0.906. The fourth-order valence-electron chi connectivity index (χ4n) is 1.72. The molecule has 2 amide bonds. The van der Waals surface area contributed by atoms with E-state index < -0.39 is 41.5 Å². The van der Waals surface area contributed by atoms with Gasteiger partial charge in [0.25, 0.3) is 0 Å². The van der Waals surface area contributed by atoms with E-state index in [1.165, 1.54) is 0 Å². The first-order valence-corrected chi connectivity index (χ1v) is 7.99. The number of aliphatic hydroxyl groups is 1. The molecule has 146 valence electrons. The van der Waals surface area contributed by atoms with Crippen molar-refractivity contribution in [2.24, 2.45) is 0 Å². The molecule has 0 radical (unpaired) electrons. The predicted molar refractivity (Wildman–Crippen MR) is 89.5 cm³/mol. The Morgan fingerprint density at radius 2 is 1.52 bits per heavy atom. The fraction of sp³-hybridized carbons (Fsp3) is 0.812. The van der Waals surface area contributed by atoms with E-state index in [0.29, 0.717) is 5.01 Å². The van der Waals surface area contributed by atoms with Crippen molar-refractivity contribution >= 4 is 18.2 Å². The van der Waals surface area contributed by atoms with Gasteiger partial charge in [-0.3, -0.25) is 0 Å². The van der Waals surface area contributed by atoms with Crippen molar-refractivity contribution in [3.8, 4) is 0 Å². The van der Waals surface area contributed by atoms with Crippen LogP contribution in [0.25, 0.3) is 0 Å². The molecule has 0 unspecified atom stereocenters. The van der Waals surface area contributed by atoms with E-state index in [1.54, 1.807) is 48.5 Å². The van der Waals surface area contributed by atoms with Crippen molar-refractivity contribution in [2.45, 2.75) is 78.2 Å². The van der Waals surface area contributed by atoms with Crippen molar-refractivity contribution in [3.05, 3.63) is 0 Å². The first-order valence-electron chi connectivity index (χ1n) is 7.99. The zero-order valence-corrected chi connectivity index (χ0v) is 16.2. The third-order valence-electron chi connectivity index (χ3n) is 2.70. The minimum Gasteiger partial charge on any atom is -0.467 e. The summed E-state index contributed by atoms with van der Waals surface area (Å²) in [6.07, 6.45) is -3.15. The number of nitrogens with zero attached hydrogens (tertiary/aromatic N) is 1. The molecular weight excluding hydrogens is 332 g/mol. The number of ether oxygens (including phenoxy) is 3. The lowest BCUT2D eigenvalue weighted by atomic mass is 10.1. The molecule has 25 heavy (non-hydrogen) atoms. The number of hydrogen-bond acceptors (Lipinski definition) is 7. The molecule has 0 aliphatic rings. The van der Waals surface area contributed by atoms with Crippen LogP contribution in [-0.4, -0.2) is 58.7 Å². The fourth-order valence-corrected chi connectivity index (χ4v) is 1.72. The number of amides is 2. The van der Waals surface area contributed by atoms with E-state index in [4.69, 9.17) is 9.47 Å². The number of methoxy groups -OCH3 is 1. The average Bonchev–Trinajstić information content (AvgIpc) is 2.41. The number of rotatable bonds is 4. The normalized spacial score (nSPS) is 14.1. The number of nitrogens with one attached hydrogen (secondary N) is 1. The van der Waals surface area contributed by atoms with E-state index in [-0.39, 0.29) is 6.42 Å². The maximum absolute atomic E-state index is 12.5. The quantitative estimate of drug-likeness (QED) is 0.446. The third kappa shape index (κ3) is 8.57. The molecule has 2 N–H and O–H groups in total. The van der Waals surface area contributed by atoms with Gasteiger partial charge in [-0.2, -0.15) is 5.01 Å². The summed E-state index contributed by atoms with van der Waals surface area (Å²) in [5.41, 5.74) is 0.452. The van der Waals surface area contributed by atoms with Gasteiger partial charge in [0.1, 0.15) is 11.2 Å². The van der Waals surface area contributed by atoms with Crippen LogP contribution in [0.2, 0.25) is 0 Å². The Morgan fingerprint density at radius 3 is 1.88 bits per heavy atom. The van der Waals surface area contributed by atoms with Crippen LogP contribution in [0.5, 0.6) is 0 Å². The standard InChI is InChI=1S/C16H30N2O7/c1-9-10(19)11(12(20)23-8)18(14(22)25-16(5,6)7)17-13(21)24-15(2,3)4/h10-11,19H,9H2,1-8H3,(H,17,21)/t10-,11-/m0/s1. The highest BCUT2D eigenvalue weighted by atomic mass is 16.6. The lowest BCUT2D eigenvalue weighted by Crippen LogP contribution is -2.60. The molecule has 0 saturated heterocycles. The molecule has 0 aliphatic heterocycles. The van der Waals surface area contributed by atoms with Crippen LogP contribution in [0.3, 0.4) is 0 Å². The number of hydrazine groups is 1. The topological polar surface area (TPSA) is 114 Å². The lowest BCUT2D eigenvalue weighted by molar-refractivity contribution is -0.153. The van der Waals surface area contributed by atoms with Gasteiger partial charge in [0.05, 0.1) is 13.2 Å². The molecule has 0 saturated carbocycles. The van der Waals surface area contributed by atoms with Gasteiger partial charge in [-0.25, -0.2) is 19.8 Å². The zero-order chi connectivity index (χ0) is 20.0. The predicted octanol–water partition coefficient (Wildman–Crippen LogP) is 1.98. The Hall–Kier alpha value is -2.03. The molecule has 0 aromatic heterocycles. The smallest absolute Gasteiger partial charge is 0.430 e. The number of aliphatic hydroxyl groups excluding tert-OH is 1. The highest BCUT2D eigenvalue weighted by Gasteiger charge is 2.40. The van der Waals surface area contributed by atoms with Gasteiger partial charge in [-0.1, -0.05) is 6.92 Å². The Labute approximate surface area is 148 Å². The second-order valence-corrected chi connectivity index (χ2v) is 7.41.